The van der Waals surface area contributed by atoms with Gasteiger partial charge in [-0.25, -0.2) is 4.39 Å². The molecular weight excluding hydrogens is 125 g/mol. The standard InChI is InChI=1S/C5H6FNS/c6-4-1-2-8-5(4)3-7/h1-2H,3,7H2. The summed E-state index contributed by atoms with van der Waals surface area (Å²) in [6.07, 6.45) is 0. The third kappa shape index (κ3) is 0.877. The molecule has 3 heteroatoms. The quantitative estimate of drug-likeness (QED) is 0.611. The Bertz CT molecular complexity index is 173. The lowest BCUT2D eigenvalue weighted by Gasteiger charge is -1.84. The highest BCUT2D eigenvalue weighted by Crippen LogP contribution is 2.12. The van der Waals surface area contributed by atoms with E-state index in [-0.39, 0.29) is 5.82 Å². The summed E-state index contributed by atoms with van der Waals surface area (Å²) in [6.45, 7) is 0.309. The fraction of sp³-hybridized carbons (Fsp3) is 0.200. The number of rotatable bonds is 1. The molecule has 1 heterocycles. The second kappa shape index (κ2) is 2.24. The molecule has 0 fully saturated rings. The maximum atomic E-state index is 12.3. The lowest BCUT2D eigenvalue weighted by Crippen LogP contribution is -1.94. The van der Waals surface area contributed by atoms with Gasteiger partial charge in [0.2, 0.25) is 0 Å². The minimum absolute atomic E-state index is 0.183. The second-order valence-corrected chi connectivity index (χ2v) is 2.40. The highest BCUT2D eigenvalue weighted by atomic mass is 32.1. The van der Waals surface area contributed by atoms with Gasteiger partial charge in [-0.15, -0.1) is 11.3 Å². The van der Waals surface area contributed by atoms with Crippen molar-refractivity contribution in [3.8, 4) is 0 Å². The number of thiophene rings is 1. The number of hydrogen-bond donors (Lipinski definition) is 1. The van der Waals surface area contributed by atoms with Crippen LogP contribution in [-0.4, -0.2) is 0 Å². The molecule has 0 radical (unpaired) electrons. The zero-order chi connectivity index (χ0) is 5.98. The van der Waals surface area contributed by atoms with Gasteiger partial charge in [-0.3, -0.25) is 0 Å². The van der Waals surface area contributed by atoms with Crippen molar-refractivity contribution in [2.24, 2.45) is 5.73 Å². The third-order valence-corrected chi connectivity index (χ3v) is 1.79. The summed E-state index contributed by atoms with van der Waals surface area (Å²) >= 11 is 1.35. The van der Waals surface area contributed by atoms with Crippen LogP contribution in [0.2, 0.25) is 0 Å². The molecular formula is C5H6FNS. The van der Waals surface area contributed by atoms with Gasteiger partial charge in [-0.2, -0.15) is 0 Å². The van der Waals surface area contributed by atoms with Crippen molar-refractivity contribution in [1.82, 2.24) is 0 Å². The Morgan fingerprint density at radius 1 is 1.75 bits per heavy atom. The summed E-state index contributed by atoms with van der Waals surface area (Å²) in [6, 6.07) is 1.42. The van der Waals surface area contributed by atoms with Crippen LogP contribution in [0.4, 0.5) is 4.39 Å². The topological polar surface area (TPSA) is 26.0 Å². The highest BCUT2D eigenvalue weighted by Gasteiger charge is 1.97. The first-order valence-electron chi connectivity index (χ1n) is 2.26. The summed E-state index contributed by atoms with van der Waals surface area (Å²) in [5, 5.41) is 1.69. The maximum Gasteiger partial charge on any atom is 0.138 e. The molecule has 1 nitrogen and oxygen atoms in total. The van der Waals surface area contributed by atoms with Crippen molar-refractivity contribution >= 4 is 11.3 Å². The monoisotopic (exact) mass is 131 g/mol. The Morgan fingerprint density at radius 3 is 2.75 bits per heavy atom. The molecule has 0 amide bonds. The van der Waals surface area contributed by atoms with Crippen molar-refractivity contribution in [3.05, 3.63) is 22.1 Å². The van der Waals surface area contributed by atoms with Gasteiger partial charge in [-0.1, -0.05) is 0 Å². The molecule has 0 aromatic carbocycles. The first-order chi connectivity index (χ1) is 3.84. The van der Waals surface area contributed by atoms with E-state index in [1.807, 2.05) is 0 Å². The van der Waals surface area contributed by atoms with E-state index in [9.17, 15) is 4.39 Å². The molecule has 0 saturated heterocycles. The van der Waals surface area contributed by atoms with Gasteiger partial charge in [0.15, 0.2) is 0 Å². The minimum Gasteiger partial charge on any atom is -0.326 e. The largest absolute Gasteiger partial charge is 0.326 e. The van der Waals surface area contributed by atoms with E-state index in [4.69, 9.17) is 5.73 Å². The van der Waals surface area contributed by atoms with Gasteiger partial charge in [0, 0.05) is 6.54 Å². The second-order valence-electron chi connectivity index (χ2n) is 1.40. The van der Waals surface area contributed by atoms with Gasteiger partial charge in [0.25, 0.3) is 0 Å². The first kappa shape index (κ1) is 5.72. The molecule has 0 unspecified atom stereocenters. The number of nitrogens with two attached hydrogens (primary N) is 1. The van der Waals surface area contributed by atoms with E-state index in [1.54, 1.807) is 5.38 Å². The predicted molar refractivity (Wildman–Crippen MR) is 32.2 cm³/mol. The molecule has 0 aliphatic rings. The minimum atomic E-state index is -0.183. The number of hydrogen-bond acceptors (Lipinski definition) is 2. The molecule has 0 bridgehead atoms. The van der Waals surface area contributed by atoms with E-state index >= 15 is 0 Å². The fourth-order valence-electron chi connectivity index (χ4n) is 0.471. The Balaban J connectivity index is 2.92. The molecule has 0 atom stereocenters. The van der Waals surface area contributed by atoms with E-state index in [0.717, 1.165) is 0 Å². The van der Waals surface area contributed by atoms with Crippen molar-refractivity contribution in [2.45, 2.75) is 6.54 Å². The lowest BCUT2D eigenvalue weighted by atomic mass is 10.4. The third-order valence-electron chi connectivity index (χ3n) is 0.876. The lowest BCUT2D eigenvalue weighted by molar-refractivity contribution is 0.619. The van der Waals surface area contributed by atoms with Crippen LogP contribution < -0.4 is 5.73 Å². The van der Waals surface area contributed by atoms with Crippen LogP contribution in [0.15, 0.2) is 11.4 Å². The first-order valence-corrected chi connectivity index (χ1v) is 3.14. The van der Waals surface area contributed by atoms with E-state index in [1.165, 1.54) is 17.4 Å². The molecule has 1 rings (SSSR count). The molecule has 1 aromatic heterocycles. The summed E-state index contributed by atoms with van der Waals surface area (Å²) < 4.78 is 12.3. The Labute approximate surface area is 50.9 Å². The SMILES string of the molecule is NCc1sccc1F. The van der Waals surface area contributed by atoms with Gasteiger partial charge < -0.3 is 5.73 Å². The maximum absolute atomic E-state index is 12.3. The number of halogens is 1. The van der Waals surface area contributed by atoms with E-state index in [2.05, 4.69) is 0 Å². The molecule has 1 aromatic rings. The van der Waals surface area contributed by atoms with E-state index in [0.29, 0.717) is 11.4 Å². The Kier molecular flexibility index (Phi) is 1.60. The Morgan fingerprint density at radius 2 is 2.50 bits per heavy atom. The van der Waals surface area contributed by atoms with Crippen LogP contribution in [0.1, 0.15) is 4.88 Å². The zero-order valence-corrected chi connectivity index (χ0v) is 5.04. The van der Waals surface area contributed by atoms with Gasteiger partial charge in [-0.05, 0) is 11.4 Å². The van der Waals surface area contributed by atoms with Crippen LogP contribution in [0, 0.1) is 5.82 Å². The summed E-state index contributed by atoms with van der Waals surface area (Å²) in [7, 11) is 0. The molecule has 0 aliphatic heterocycles. The smallest absolute Gasteiger partial charge is 0.138 e. The van der Waals surface area contributed by atoms with Gasteiger partial charge in [0.1, 0.15) is 5.82 Å². The van der Waals surface area contributed by atoms with Gasteiger partial charge >= 0.3 is 0 Å². The van der Waals surface area contributed by atoms with Gasteiger partial charge in [0.05, 0.1) is 4.88 Å². The molecule has 0 saturated carbocycles. The highest BCUT2D eigenvalue weighted by molar-refractivity contribution is 7.09. The molecule has 0 aliphatic carbocycles. The average molecular weight is 131 g/mol. The Hall–Kier alpha value is -0.410. The summed E-state index contributed by atoms with van der Waals surface area (Å²) in [4.78, 5) is 0.630. The van der Waals surface area contributed by atoms with Crippen molar-refractivity contribution in [3.63, 3.8) is 0 Å². The van der Waals surface area contributed by atoms with Crippen LogP contribution in [0.25, 0.3) is 0 Å². The summed E-state index contributed by atoms with van der Waals surface area (Å²) in [5.74, 6) is -0.183. The predicted octanol–water partition coefficient (Wildman–Crippen LogP) is 1.35. The average Bonchev–Trinajstić information content (AvgIpc) is 2.14. The molecule has 2 N–H and O–H groups in total. The molecule has 8 heavy (non-hydrogen) atoms. The summed E-state index contributed by atoms with van der Waals surface area (Å²) in [5.41, 5.74) is 5.17. The van der Waals surface area contributed by atoms with Crippen molar-refractivity contribution < 1.29 is 4.39 Å². The van der Waals surface area contributed by atoms with Crippen LogP contribution in [-0.2, 0) is 6.54 Å². The normalized spacial score (nSPS) is 9.75. The van der Waals surface area contributed by atoms with Crippen molar-refractivity contribution in [1.29, 1.82) is 0 Å². The fourth-order valence-corrected chi connectivity index (χ4v) is 1.10. The van der Waals surface area contributed by atoms with Crippen LogP contribution >= 0.6 is 11.3 Å². The van der Waals surface area contributed by atoms with Crippen LogP contribution in [0.5, 0.6) is 0 Å². The zero-order valence-electron chi connectivity index (χ0n) is 4.23. The molecule has 44 valence electrons. The van der Waals surface area contributed by atoms with E-state index < -0.39 is 0 Å². The molecule has 0 spiro atoms. The van der Waals surface area contributed by atoms with Crippen LogP contribution in [0.3, 0.4) is 0 Å². The van der Waals surface area contributed by atoms with Crippen molar-refractivity contribution in [2.75, 3.05) is 0 Å².